The third kappa shape index (κ3) is 5.67. The van der Waals surface area contributed by atoms with Crippen LogP contribution in [-0.2, 0) is 9.53 Å². The molecule has 0 saturated carbocycles. The van der Waals surface area contributed by atoms with Crippen molar-refractivity contribution in [1.82, 2.24) is 10.6 Å². The molecule has 8 nitrogen and oxygen atoms in total. The SMILES string of the molecule is CCNC(CN=O)c1cc(F)cc(C(=O)NC[C@@H](N)C(=O)OC)c1. The highest BCUT2D eigenvalue weighted by molar-refractivity contribution is 5.94. The van der Waals surface area contributed by atoms with E-state index in [4.69, 9.17) is 5.73 Å². The molecule has 1 unspecified atom stereocenters. The van der Waals surface area contributed by atoms with Crippen LogP contribution in [0.25, 0.3) is 0 Å². The second kappa shape index (κ2) is 9.68. The molecule has 0 aliphatic rings. The predicted octanol–water partition coefficient (Wildman–Crippen LogP) is 0.473. The average molecular weight is 340 g/mol. The second-order valence-electron chi connectivity index (χ2n) is 5.03. The summed E-state index contributed by atoms with van der Waals surface area (Å²) in [5, 5.41) is 8.25. The molecule has 0 saturated heterocycles. The van der Waals surface area contributed by atoms with Crippen molar-refractivity contribution >= 4 is 11.9 Å². The van der Waals surface area contributed by atoms with E-state index in [1.54, 1.807) is 0 Å². The quantitative estimate of drug-likeness (QED) is 0.444. The number of hydrogen-bond donors (Lipinski definition) is 3. The van der Waals surface area contributed by atoms with E-state index in [9.17, 15) is 18.9 Å². The van der Waals surface area contributed by atoms with E-state index in [0.29, 0.717) is 12.1 Å². The molecular weight excluding hydrogens is 319 g/mol. The molecule has 9 heteroatoms. The summed E-state index contributed by atoms with van der Waals surface area (Å²) in [6.07, 6.45) is 0. The highest BCUT2D eigenvalue weighted by Gasteiger charge is 2.18. The molecule has 132 valence electrons. The molecule has 1 aromatic rings. The Morgan fingerprint density at radius 1 is 1.38 bits per heavy atom. The van der Waals surface area contributed by atoms with Crippen molar-refractivity contribution in [3.05, 3.63) is 40.1 Å². The molecule has 24 heavy (non-hydrogen) atoms. The van der Waals surface area contributed by atoms with Crippen LogP contribution in [0.4, 0.5) is 4.39 Å². The molecule has 4 N–H and O–H groups in total. The number of carbonyl (C=O) groups excluding carboxylic acids is 2. The number of carbonyl (C=O) groups is 2. The highest BCUT2D eigenvalue weighted by Crippen LogP contribution is 2.17. The molecule has 2 atom stereocenters. The van der Waals surface area contributed by atoms with Crippen LogP contribution in [-0.4, -0.2) is 44.7 Å². The van der Waals surface area contributed by atoms with Gasteiger partial charge in [0.1, 0.15) is 18.4 Å². The maximum Gasteiger partial charge on any atom is 0.324 e. The number of nitrogens with two attached hydrogens (primary N) is 1. The zero-order chi connectivity index (χ0) is 18.1. The van der Waals surface area contributed by atoms with E-state index in [2.05, 4.69) is 20.5 Å². The van der Waals surface area contributed by atoms with Gasteiger partial charge in [-0.1, -0.05) is 12.1 Å². The van der Waals surface area contributed by atoms with Crippen molar-refractivity contribution in [2.75, 3.05) is 26.7 Å². The first kappa shape index (κ1) is 19.7. The molecule has 0 radical (unpaired) electrons. The molecule has 1 amide bonds. The van der Waals surface area contributed by atoms with Gasteiger partial charge in [0.25, 0.3) is 5.91 Å². The zero-order valence-corrected chi connectivity index (χ0v) is 13.5. The van der Waals surface area contributed by atoms with Crippen molar-refractivity contribution in [3.63, 3.8) is 0 Å². The van der Waals surface area contributed by atoms with Gasteiger partial charge in [0.2, 0.25) is 0 Å². The second-order valence-corrected chi connectivity index (χ2v) is 5.03. The Bertz CT molecular complexity index is 597. The molecule has 0 spiro atoms. The highest BCUT2D eigenvalue weighted by atomic mass is 19.1. The molecule has 0 heterocycles. The fourth-order valence-corrected chi connectivity index (χ4v) is 2.09. The van der Waals surface area contributed by atoms with Gasteiger partial charge < -0.3 is 21.1 Å². The number of nitrogens with zero attached hydrogens (tertiary/aromatic N) is 1. The Labute approximate surface area is 138 Å². The summed E-state index contributed by atoms with van der Waals surface area (Å²) in [4.78, 5) is 33.8. The number of nitrogens with one attached hydrogen (secondary N) is 2. The minimum atomic E-state index is -1.01. The standard InChI is InChI=1S/C15H21FN4O4/c1-3-18-13(8-20-23)9-4-10(6-11(16)5-9)14(21)19-7-12(17)15(22)24-2/h4-6,12-13,18H,3,7-8,17H2,1-2H3,(H,19,21)/t12-,13?/m1/s1. The van der Waals surface area contributed by atoms with E-state index in [1.807, 2.05) is 6.92 Å². The first-order valence-electron chi connectivity index (χ1n) is 7.37. The summed E-state index contributed by atoms with van der Waals surface area (Å²) < 4.78 is 18.2. The third-order valence-corrected chi connectivity index (χ3v) is 3.28. The molecule has 0 bridgehead atoms. The van der Waals surface area contributed by atoms with Crippen molar-refractivity contribution in [3.8, 4) is 0 Å². The molecule has 1 aromatic carbocycles. The van der Waals surface area contributed by atoms with Crippen LogP contribution >= 0.6 is 0 Å². The number of rotatable bonds is 9. The lowest BCUT2D eigenvalue weighted by molar-refractivity contribution is -0.141. The number of methoxy groups -OCH3 is 1. The molecule has 0 fully saturated rings. The lowest BCUT2D eigenvalue weighted by atomic mass is 10.0. The van der Waals surface area contributed by atoms with Crippen molar-refractivity contribution < 1.29 is 18.7 Å². The lowest BCUT2D eigenvalue weighted by Crippen LogP contribution is -2.43. The van der Waals surface area contributed by atoms with Gasteiger partial charge in [-0.2, -0.15) is 4.91 Å². The fraction of sp³-hybridized carbons (Fsp3) is 0.467. The van der Waals surface area contributed by atoms with Crippen molar-refractivity contribution in [1.29, 1.82) is 0 Å². The van der Waals surface area contributed by atoms with E-state index in [-0.39, 0.29) is 18.7 Å². The van der Waals surface area contributed by atoms with Gasteiger partial charge in [-0.3, -0.25) is 9.59 Å². The van der Waals surface area contributed by atoms with Gasteiger partial charge in [-0.15, -0.1) is 0 Å². The number of benzene rings is 1. The predicted molar refractivity (Wildman–Crippen MR) is 85.8 cm³/mol. The minimum absolute atomic E-state index is 0.0517. The average Bonchev–Trinajstić information content (AvgIpc) is 2.57. The normalized spacial score (nSPS) is 13.0. The summed E-state index contributed by atoms with van der Waals surface area (Å²) in [6.45, 7) is 2.14. The van der Waals surface area contributed by atoms with Crippen LogP contribution in [0.3, 0.4) is 0 Å². The van der Waals surface area contributed by atoms with Crippen LogP contribution in [0.1, 0.15) is 28.9 Å². The van der Waals surface area contributed by atoms with Crippen LogP contribution < -0.4 is 16.4 Å². The van der Waals surface area contributed by atoms with E-state index in [1.165, 1.54) is 19.2 Å². The number of esters is 1. The smallest absolute Gasteiger partial charge is 0.324 e. The Kier molecular flexibility index (Phi) is 7.93. The van der Waals surface area contributed by atoms with Crippen LogP contribution in [0.2, 0.25) is 0 Å². The Morgan fingerprint density at radius 3 is 2.67 bits per heavy atom. The minimum Gasteiger partial charge on any atom is -0.468 e. The number of halogens is 1. The fourth-order valence-electron chi connectivity index (χ4n) is 2.09. The Morgan fingerprint density at radius 2 is 2.08 bits per heavy atom. The summed E-state index contributed by atoms with van der Waals surface area (Å²) >= 11 is 0. The largest absolute Gasteiger partial charge is 0.468 e. The van der Waals surface area contributed by atoms with E-state index >= 15 is 0 Å². The molecular formula is C15H21FN4O4. The molecule has 0 aromatic heterocycles. The molecule has 1 rings (SSSR count). The van der Waals surface area contributed by atoms with Crippen molar-refractivity contribution in [2.45, 2.75) is 19.0 Å². The molecule has 0 aliphatic carbocycles. The van der Waals surface area contributed by atoms with Gasteiger partial charge in [-0.05, 0) is 30.3 Å². The van der Waals surface area contributed by atoms with E-state index in [0.717, 1.165) is 6.07 Å². The summed E-state index contributed by atoms with van der Waals surface area (Å²) in [5.74, 6) is -1.88. The first-order chi connectivity index (χ1) is 11.4. The Balaban J connectivity index is 2.89. The topological polar surface area (TPSA) is 123 Å². The third-order valence-electron chi connectivity index (χ3n) is 3.28. The summed E-state index contributed by atoms with van der Waals surface area (Å²) in [7, 11) is 1.19. The van der Waals surface area contributed by atoms with Gasteiger partial charge in [0, 0.05) is 12.1 Å². The van der Waals surface area contributed by atoms with E-state index < -0.39 is 29.8 Å². The number of likely N-dealkylation sites (N-methyl/N-ethyl adjacent to an activating group) is 1. The molecule has 0 aliphatic heterocycles. The number of amides is 1. The maximum absolute atomic E-state index is 13.8. The summed E-state index contributed by atoms with van der Waals surface area (Å²) in [5.41, 5.74) is 6.00. The Hall–Kier alpha value is -2.39. The van der Waals surface area contributed by atoms with Crippen LogP contribution in [0.15, 0.2) is 23.4 Å². The van der Waals surface area contributed by atoms with Gasteiger partial charge in [-0.25, -0.2) is 4.39 Å². The monoisotopic (exact) mass is 340 g/mol. The van der Waals surface area contributed by atoms with Gasteiger partial charge in [0.05, 0.1) is 13.2 Å². The van der Waals surface area contributed by atoms with Gasteiger partial charge >= 0.3 is 5.97 Å². The first-order valence-corrected chi connectivity index (χ1v) is 7.37. The van der Waals surface area contributed by atoms with Crippen molar-refractivity contribution in [2.24, 2.45) is 10.9 Å². The lowest BCUT2D eigenvalue weighted by Gasteiger charge is -2.16. The van der Waals surface area contributed by atoms with Crippen LogP contribution in [0, 0.1) is 10.7 Å². The maximum atomic E-state index is 13.8. The van der Waals surface area contributed by atoms with Gasteiger partial charge in [0.15, 0.2) is 0 Å². The number of ether oxygens (including phenoxy) is 1. The summed E-state index contributed by atoms with van der Waals surface area (Å²) in [6, 6.07) is 2.24. The number of nitroso groups, excluding NO2 is 1. The van der Waals surface area contributed by atoms with Crippen LogP contribution in [0.5, 0.6) is 0 Å². The zero-order valence-electron chi connectivity index (χ0n) is 13.5. The number of hydrogen-bond acceptors (Lipinski definition) is 7.